The van der Waals surface area contributed by atoms with Crippen molar-refractivity contribution >= 4 is 10.0 Å². The van der Waals surface area contributed by atoms with Gasteiger partial charge in [-0.3, -0.25) is 0 Å². The average Bonchev–Trinajstić information content (AvgIpc) is 2.83. The lowest BCUT2D eigenvalue weighted by Crippen LogP contribution is -2.34. The summed E-state index contributed by atoms with van der Waals surface area (Å²) in [6.07, 6.45) is 0.777. The van der Waals surface area contributed by atoms with Gasteiger partial charge in [-0.1, -0.05) is 6.92 Å². The molecule has 1 aliphatic rings. The molecule has 102 valence electrons. The Balaban J connectivity index is 2.26. The Hall–Kier alpha value is -1.42. The molecule has 5 nitrogen and oxygen atoms in total. The molecular weight excluding hydrogens is 262 g/mol. The molecule has 1 aromatic rings. The van der Waals surface area contributed by atoms with E-state index in [4.69, 9.17) is 11.0 Å². The maximum absolute atomic E-state index is 12.4. The van der Waals surface area contributed by atoms with E-state index in [1.54, 1.807) is 0 Å². The first kappa shape index (κ1) is 14.0. The van der Waals surface area contributed by atoms with Gasteiger partial charge in [-0.2, -0.15) is 9.57 Å². The van der Waals surface area contributed by atoms with Crippen molar-refractivity contribution in [3.8, 4) is 6.07 Å². The van der Waals surface area contributed by atoms with Crippen LogP contribution in [-0.2, 0) is 10.0 Å². The Labute approximate surface area is 113 Å². The Morgan fingerprint density at radius 3 is 2.53 bits per heavy atom. The lowest BCUT2D eigenvalue weighted by atomic mass is 9.90. The zero-order valence-corrected chi connectivity index (χ0v) is 11.7. The molecule has 1 atom stereocenters. The highest BCUT2D eigenvalue weighted by molar-refractivity contribution is 7.89. The van der Waals surface area contributed by atoms with Gasteiger partial charge in [0.25, 0.3) is 0 Å². The second-order valence-electron chi connectivity index (χ2n) is 5.24. The van der Waals surface area contributed by atoms with E-state index in [0.717, 1.165) is 6.42 Å². The van der Waals surface area contributed by atoms with Crippen LogP contribution in [0, 0.1) is 16.7 Å². The summed E-state index contributed by atoms with van der Waals surface area (Å²) in [6.45, 7) is 3.43. The molecule has 0 saturated carbocycles. The molecule has 1 aromatic carbocycles. The summed E-state index contributed by atoms with van der Waals surface area (Å²) in [7, 11) is -3.48. The highest BCUT2D eigenvalue weighted by Gasteiger charge is 2.38. The Morgan fingerprint density at radius 2 is 2.05 bits per heavy atom. The molecule has 6 heteroatoms. The topological polar surface area (TPSA) is 87.2 Å². The monoisotopic (exact) mass is 279 g/mol. The van der Waals surface area contributed by atoms with Crippen LogP contribution in [0.4, 0.5) is 0 Å². The molecule has 2 N–H and O–H groups in total. The minimum absolute atomic E-state index is 0.139. The fraction of sp³-hybridized carbons (Fsp3) is 0.462. The third kappa shape index (κ3) is 2.63. The number of nitriles is 1. The summed E-state index contributed by atoms with van der Waals surface area (Å²) >= 11 is 0. The van der Waals surface area contributed by atoms with Crippen LogP contribution in [0.2, 0.25) is 0 Å². The van der Waals surface area contributed by atoms with Gasteiger partial charge in [0.15, 0.2) is 0 Å². The Bertz CT molecular complexity index is 604. The lowest BCUT2D eigenvalue weighted by Gasteiger charge is -2.22. The minimum Gasteiger partial charge on any atom is -0.330 e. The van der Waals surface area contributed by atoms with Crippen molar-refractivity contribution in [2.75, 3.05) is 19.6 Å². The summed E-state index contributed by atoms with van der Waals surface area (Å²) in [4.78, 5) is 0.229. The SMILES string of the molecule is CC1(CN)CCN(S(=O)(=O)c2ccc(C#N)cc2)C1. The van der Waals surface area contributed by atoms with Crippen molar-refractivity contribution in [2.24, 2.45) is 11.1 Å². The Kier molecular flexibility index (Phi) is 3.63. The lowest BCUT2D eigenvalue weighted by molar-refractivity contribution is 0.349. The second-order valence-corrected chi connectivity index (χ2v) is 7.18. The Morgan fingerprint density at radius 1 is 1.42 bits per heavy atom. The van der Waals surface area contributed by atoms with Crippen LogP contribution < -0.4 is 5.73 Å². The molecule has 19 heavy (non-hydrogen) atoms. The van der Waals surface area contributed by atoms with Crippen molar-refractivity contribution in [3.05, 3.63) is 29.8 Å². The summed E-state index contributed by atoms with van der Waals surface area (Å²) in [6, 6.07) is 7.97. The second kappa shape index (κ2) is 4.93. The molecule has 2 rings (SSSR count). The molecule has 1 heterocycles. The minimum atomic E-state index is -3.48. The van der Waals surface area contributed by atoms with Crippen LogP contribution in [0.1, 0.15) is 18.9 Å². The van der Waals surface area contributed by atoms with Gasteiger partial charge in [0, 0.05) is 13.1 Å². The van der Waals surface area contributed by atoms with Gasteiger partial charge in [-0.25, -0.2) is 8.42 Å². The van der Waals surface area contributed by atoms with Crippen molar-refractivity contribution in [3.63, 3.8) is 0 Å². The average molecular weight is 279 g/mol. The highest BCUT2D eigenvalue weighted by Crippen LogP contribution is 2.32. The molecule has 1 unspecified atom stereocenters. The number of rotatable bonds is 3. The van der Waals surface area contributed by atoms with E-state index in [2.05, 4.69) is 0 Å². The van der Waals surface area contributed by atoms with Crippen LogP contribution in [0.15, 0.2) is 29.2 Å². The van der Waals surface area contributed by atoms with Gasteiger partial charge < -0.3 is 5.73 Å². The molecule has 0 aromatic heterocycles. The van der Waals surface area contributed by atoms with Gasteiger partial charge in [0.2, 0.25) is 10.0 Å². The van der Waals surface area contributed by atoms with Gasteiger partial charge in [-0.15, -0.1) is 0 Å². The maximum Gasteiger partial charge on any atom is 0.243 e. The molecule has 1 fully saturated rings. The standard InChI is InChI=1S/C13H17N3O2S/c1-13(9-15)6-7-16(10-13)19(17,18)12-4-2-11(8-14)3-5-12/h2-5H,6-7,9-10,15H2,1H3. The summed E-state index contributed by atoms with van der Waals surface area (Å²) < 4.78 is 26.4. The van der Waals surface area contributed by atoms with Crippen molar-refractivity contribution in [1.29, 1.82) is 5.26 Å². The van der Waals surface area contributed by atoms with Gasteiger partial charge in [0.1, 0.15) is 0 Å². The van der Waals surface area contributed by atoms with Gasteiger partial charge in [0.05, 0.1) is 16.5 Å². The summed E-state index contributed by atoms with van der Waals surface area (Å²) in [5.74, 6) is 0. The molecule has 0 amide bonds. The zero-order valence-electron chi connectivity index (χ0n) is 10.8. The number of nitrogens with two attached hydrogens (primary N) is 1. The van der Waals surface area contributed by atoms with Crippen LogP contribution in [-0.4, -0.2) is 32.4 Å². The molecule has 1 aliphatic heterocycles. The van der Waals surface area contributed by atoms with Crippen LogP contribution in [0.25, 0.3) is 0 Å². The molecular formula is C13H17N3O2S. The van der Waals surface area contributed by atoms with Crippen LogP contribution >= 0.6 is 0 Å². The normalized spacial score (nSPS) is 24.3. The summed E-state index contributed by atoms with van der Waals surface area (Å²) in [5.41, 5.74) is 6.00. The van der Waals surface area contributed by atoms with E-state index in [9.17, 15) is 8.42 Å². The number of sulfonamides is 1. The number of hydrogen-bond acceptors (Lipinski definition) is 4. The highest BCUT2D eigenvalue weighted by atomic mass is 32.2. The first-order chi connectivity index (χ1) is 8.91. The zero-order chi connectivity index (χ0) is 14.1. The van der Waals surface area contributed by atoms with E-state index < -0.39 is 10.0 Å². The van der Waals surface area contributed by atoms with E-state index in [-0.39, 0.29) is 10.3 Å². The van der Waals surface area contributed by atoms with Crippen molar-refractivity contribution in [1.82, 2.24) is 4.31 Å². The molecule has 0 aliphatic carbocycles. The van der Waals surface area contributed by atoms with E-state index in [0.29, 0.717) is 25.2 Å². The maximum atomic E-state index is 12.4. The quantitative estimate of drug-likeness (QED) is 0.891. The number of benzene rings is 1. The van der Waals surface area contributed by atoms with E-state index in [1.807, 2.05) is 13.0 Å². The van der Waals surface area contributed by atoms with Crippen molar-refractivity contribution in [2.45, 2.75) is 18.2 Å². The predicted molar refractivity (Wildman–Crippen MR) is 71.7 cm³/mol. The fourth-order valence-corrected chi connectivity index (χ4v) is 3.79. The molecule has 0 radical (unpaired) electrons. The number of hydrogen-bond donors (Lipinski definition) is 1. The first-order valence-electron chi connectivity index (χ1n) is 6.12. The summed E-state index contributed by atoms with van der Waals surface area (Å²) in [5, 5.41) is 8.72. The van der Waals surface area contributed by atoms with E-state index in [1.165, 1.54) is 28.6 Å². The first-order valence-corrected chi connectivity index (χ1v) is 7.56. The number of nitrogens with zero attached hydrogens (tertiary/aromatic N) is 2. The third-order valence-corrected chi connectivity index (χ3v) is 5.50. The van der Waals surface area contributed by atoms with Crippen LogP contribution in [0.3, 0.4) is 0 Å². The van der Waals surface area contributed by atoms with Crippen molar-refractivity contribution < 1.29 is 8.42 Å². The molecule has 1 saturated heterocycles. The third-order valence-electron chi connectivity index (χ3n) is 3.64. The van der Waals surface area contributed by atoms with Gasteiger partial charge in [-0.05, 0) is 42.6 Å². The smallest absolute Gasteiger partial charge is 0.243 e. The fourth-order valence-electron chi connectivity index (χ4n) is 2.20. The molecule has 0 bridgehead atoms. The largest absolute Gasteiger partial charge is 0.330 e. The predicted octanol–water partition coefficient (Wildman–Crippen LogP) is 0.918. The molecule has 0 spiro atoms. The van der Waals surface area contributed by atoms with Crippen LogP contribution in [0.5, 0.6) is 0 Å². The van der Waals surface area contributed by atoms with E-state index >= 15 is 0 Å². The van der Waals surface area contributed by atoms with Gasteiger partial charge >= 0.3 is 0 Å².